The topological polar surface area (TPSA) is 79.7 Å². The molecule has 0 aromatic carbocycles. The second-order valence-electron chi connectivity index (χ2n) is 5.18. The van der Waals surface area contributed by atoms with Crippen molar-refractivity contribution >= 4 is 11.6 Å². The summed E-state index contributed by atoms with van der Waals surface area (Å²) in [6, 6.07) is 1.77. The fourth-order valence-corrected chi connectivity index (χ4v) is 2.46. The van der Waals surface area contributed by atoms with Gasteiger partial charge in [0, 0.05) is 19.2 Å². The number of nitrogens with zero attached hydrogens (tertiary/aromatic N) is 3. The Balaban J connectivity index is 2.16. The van der Waals surface area contributed by atoms with E-state index in [4.69, 9.17) is 4.74 Å². The van der Waals surface area contributed by atoms with Crippen LogP contribution in [0.15, 0.2) is 10.9 Å². The van der Waals surface area contributed by atoms with Crippen LogP contribution in [-0.2, 0) is 17.9 Å². The van der Waals surface area contributed by atoms with Gasteiger partial charge in [-0.15, -0.1) is 0 Å². The smallest absolute Gasteiger partial charge is 0.280 e. The molecule has 1 aliphatic rings. The molecule has 0 radical (unpaired) electrons. The number of rotatable bonds is 3. The molecule has 7 heteroatoms. The van der Waals surface area contributed by atoms with Gasteiger partial charge in [0.25, 0.3) is 11.5 Å². The lowest BCUT2D eigenvalue weighted by atomic mass is 10.2. The number of hydrogen-bond acceptors (Lipinski definition) is 4. The molecule has 0 saturated heterocycles. The first-order valence-electron chi connectivity index (χ1n) is 6.46. The zero-order valence-corrected chi connectivity index (χ0v) is 11.6. The van der Waals surface area contributed by atoms with Gasteiger partial charge in [-0.1, -0.05) is 0 Å². The molecule has 3 heterocycles. The predicted molar refractivity (Wildman–Crippen MR) is 71.5 cm³/mol. The van der Waals surface area contributed by atoms with Crippen LogP contribution in [0.1, 0.15) is 35.6 Å². The Bertz CT molecular complexity index is 744. The highest BCUT2D eigenvalue weighted by Gasteiger charge is 2.33. The summed E-state index contributed by atoms with van der Waals surface area (Å²) >= 11 is 0. The molecule has 0 bridgehead atoms. The van der Waals surface area contributed by atoms with Gasteiger partial charge in [-0.3, -0.25) is 9.59 Å². The van der Waals surface area contributed by atoms with Crippen molar-refractivity contribution in [3.05, 3.63) is 33.4 Å². The Morgan fingerprint density at radius 2 is 2.20 bits per heavy atom. The van der Waals surface area contributed by atoms with E-state index >= 15 is 0 Å². The minimum absolute atomic E-state index is 0.0547. The number of H-pyrrole nitrogens is 1. The molecule has 0 fully saturated rings. The molecule has 1 amide bonds. The lowest BCUT2D eigenvalue weighted by Gasteiger charge is -2.19. The third-order valence-corrected chi connectivity index (χ3v) is 3.48. The van der Waals surface area contributed by atoms with Gasteiger partial charge in [-0.25, -0.2) is 0 Å². The number of carbonyl (C=O) groups excluding carboxylic acids is 1. The van der Waals surface area contributed by atoms with Gasteiger partial charge < -0.3 is 14.6 Å². The molecule has 2 aromatic heterocycles. The molecule has 20 heavy (non-hydrogen) atoms. The number of methoxy groups -OCH3 is 1. The van der Waals surface area contributed by atoms with Crippen LogP contribution < -0.4 is 5.56 Å². The number of ether oxygens (including phenoxy) is 1. The lowest BCUT2D eigenvalue weighted by Crippen LogP contribution is -2.31. The normalized spacial score (nSPS) is 14.6. The van der Waals surface area contributed by atoms with Crippen LogP contribution in [0, 0.1) is 0 Å². The molecular formula is C13H16N4O3. The number of fused-ring (bicyclic) bond motifs is 2. The number of amides is 1. The van der Waals surface area contributed by atoms with Crippen molar-refractivity contribution in [1.82, 2.24) is 19.5 Å². The molecule has 7 nitrogen and oxygen atoms in total. The van der Waals surface area contributed by atoms with Crippen LogP contribution in [0.5, 0.6) is 0 Å². The van der Waals surface area contributed by atoms with Gasteiger partial charge in [0.1, 0.15) is 11.3 Å². The maximum atomic E-state index is 12.4. The van der Waals surface area contributed by atoms with Gasteiger partial charge in [0.15, 0.2) is 0 Å². The van der Waals surface area contributed by atoms with Crippen LogP contribution >= 0.6 is 0 Å². The number of nitrogens with one attached hydrogen (secondary N) is 1. The summed E-state index contributed by atoms with van der Waals surface area (Å²) in [5, 5.41) is 4.19. The quantitative estimate of drug-likeness (QED) is 0.887. The highest BCUT2D eigenvalue weighted by atomic mass is 16.5. The van der Waals surface area contributed by atoms with E-state index in [1.807, 2.05) is 13.8 Å². The van der Waals surface area contributed by atoms with E-state index in [0.717, 1.165) is 0 Å². The van der Waals surface area contributed by atoms with E-state index < -0.39 is 0 Å². The van der Waals surface area contributed by atoms with Crippen LogP contribution in [0.3, 0.4) is 0 Å². The molecule has 0 saturated carbocycles. The molecule has 106 valence electrons. The summed E-state index contributed by atoms with van der Waals surface area (Å²) in [6.07, 6.45) is 0. The minimum Gasteiger partial charge on any atom is -0.378 e. The fraction of sp³-hybridized carbons (Fsp3) is 0.462. The SMILES string of the molecule is COCc1cc2[nH]c3c(c(=O)n2n1)CN(C(C)C)C3=O. The van der Waals surface area contributed by atoms with E-state index in [2.05, 4.69) is 10.1 Å². The number of carbonyl (C=O) groups is 1. The highest BCUT2D eigenvalue weighted by molar-refractivity contribution is 5.96. The molecule has 3 rings (SSSR count). The zero-order valence-electron chi connectivity index (χ0n) is 11.6. The number of aromatic amines is 1. The summed E-state index contributed by atoms with van der Waals surface area (Å²) in [5.74, 6) is -0.135. The van der Waals surface area contributed by atoms with Gasteiger partial charge in [-0.2, -0.15) is 9.61 Å². The van der Waals surface area contributed by atoms with E-state index in [-0.39, 0.29) is 17.5 Å². The monoisotopic (exact) mass is 276 g/mol. The molecule has 0 aliphatic carbocycles. The average Bonchev–Trinajstić information content (AvgIpc) is 2.93. The number of aromatic nitrogens is 3. The minimum atomic E-state index is -0.243. The first-order chi connectivity index (χ1) is 9.52. The van der Waals surface area contributed by atoms with E-state index in [0.29, 0.717) is 35.8 Å². The van der Waals surface area contributed by atoms with Crippen LogP contribution in [-0.4, -0.2) is 38.6 Å². The van der Waals surface area contributed by atoms with Crippen molar-refractivity contribution in [2.75, 3.05) is 7.11 Å². The molecule has 1 aliphatic heterocycles. The summed E-state index contributed by atoms with van der Waals surface area (Å²) in [7, 11) is 1.57. The van der Waals surface area contributed by atoms with Crippen LogP contribution in [0.2, 0.25) is 0 Å². The lowest BCUT2D eigenvalue weighted by molar-refractivity contribution is 0.0726. The predicted octanol–water partition coefficient (Wildman–Crippen LogP) is 0.533. The summed E-state index contributed by atoms with van der Waals surface area (Å²) in [4.78, 5) is 29.4. The molecule has 0 spiro atoms. The summed E-state index contributed by atoms with van der Waals surface area (Å²) in [5.41, 5.74) is 1.77. The second kappa shape index (κ2) is 4.45. The largest absolute Gasteiger partial charge is 0.378 e. The molecule has 0 atom stereocenters. The Hall–Kier alpha value is -2.15. The maximum absolute atomic E-state index is 12.4. The first-order valence-corrected chi connectivity index (χ1v) is 6.46. The second-order valence-corrected chi connectivity index (χ2v) is 5.18. The molecule has 1 N–H and O–H groups in total. The highest BCUT2D eigenvalue weighted by Crippen LogP contribution is 2.21. The summed E-state index contributed by atoms with van der Waals surface area (Å²) in [6.45, 7) is 4.51. The fourth-order valence-electron chi connectivity index (χ4n) is 2.46. The Kier molecular flexibility index (Phi) is 2.86. The van der Waals surface area contributed by atoms with Gasteiger partial charge in [0.05, 0.1) is 24.4 Å². The third kappa shape index (κ3) is 1.74. The van der Waals surface area contributed by atoms with E-state index in [1.54, 1.807) is 18.1 Å². The van der Waals surface area contributed by atoms with Gasteiger partial charge >= 0.3 is 0 Å². The average molecular weight is 276 g/mol. The summed E-state index contributed by atoms with van der Waals surface area (Å²) < 4.78 is 6.30. The van der Waals surface area contributed by atoms with Crippen LogP contribution in [0.25, 0.3) is 5.65 Å². The van der Waals surface area contributed by atoms with Crippen molar-refractivity contribution in [3.63, 3.8) is 0 Å². The van der Waals surface area contributed by atoms with Gasteiger partial charge in [-0.05, 0) is 13.8 Å². The Labute approximate surface area is 115 Å². The molecule has 0 unspecified atom stereocenters. The van der Waals surface area contributed by atoms with Gasteiger partial charge in [0.2, 0.25) is 0 Å². The Morgan fingerprint density at radius 1 is 1.45 bits per heavy atom. The van der Waals surface area contributed by atoms with Crippen molar-refractivity contribution in [3.8, 4) is 0 Å². The van der Waals surface area contributed by atoms with E-state index in [9.17, 15) is 9.59 Å². The Morgan fingerprint density at radius 3 is 2.85 bits per heavy atom. The van der Waals surface area contributed by atoms with Crippen molar-refractivity contribution in [2.24, 2.45) is 0 Å². The standard InChI is InChI=1S/C13H16N4O3/c1-7(2)16-5-9-11(13(16)19)14-10-4-8(6-20-3)15-17(10)12(9)18/h4,7,14H,5-6H2,1-3H3. The maximum Gasteiger partial charge on any atom is 0.280 e. The van der Waals surface area contributed by atoms with Crippen molar-refractivity contribution in [1.29, 1.82) is 0 Å². The van der Waals surface area contributed by atoms with E-state index in [1.165, 1.54) is 4.52 Å². The zero-order chi connectivity index (χ0) is 14.4. The third-order valence-electron chi connectivity index (χ3n) is 3.48. The van der Waals surface area contributed by atoms with Crippen molar-refractivity contribution < 1.29 is 9.53 Å². The molecule has 2 aromatic rings. The van der Waals surface area contributed by atoms with Crippen LogP contribution in [0.4, 0.5) is 0 Å². The molecular weight excluding hydrogens is 260 g/mol. The number of hydrogen-bond donors (Lipinski definition) is 1. The first kappa shape index (κ1) is 12.9. The van der Waals surface area contributed by atoms with Crippen molar-refractivity contribution in [2.45, 2.75) is 33.0 Å².